The first-order chi connectivity index (χ1) is 9.30. The smallest absolute Gasteiger partial charge is 0.0111 e. The first-order valence-electron chi connectivity index (χ1n) is 7.74. The molecule has 0 saturated heterocycles. The fourth-order valence-corrected chi connectivity index (χ4v) is 3.18. The van der Waals surface area contributed by atoms with Crippen LogP contribution in [0.3, 0.4) is 0 Å². The molecule has 1 aromatic carbocycles. The zero-order valence-electron chi connectivity index (χ0n) is 12.6. The molecule has 0 aliphatic heterocycles. The normalized spacial score (nSPS) is 23.6. The van der Waals surface area contributed by atoms with Crippen molar-refractivity contribution in [2.45, 2.75) is 38.6 Å². The fraction of sp³-hybridized carbons (Fsp3) is 0.647. The van der Waals surface area contributed by atoms with Gasteiger partial charge in [-0.05, 0) is 56.9 Å². The molecule has 1 aliphatic rings. The van der Waals surface area contributed by atoms with Gasteiger partial charge in [0.1, 0.15) is 0 Å². The second-order valence-electron chi connectivity index (χ2n) is 5.63. The van der Waals surface area contributed by atoms with Gasteiger partial charge in [0.2, 0.25) is 0 Å². The van der Waals surface area contributed by atoms with Crippen LogP contribution in [0.1, 0.15) is 38.2 Å². The van der Waals surface area contributed by atoms with Crippen LogP contribution in [0, 0.1) is 5.92 Å². The predicted octanol–water partition coefficient (Wildman–Crippen LogP) is 3.11. The Morgan fingerprint density at radius 3 is 2.47 bits per heavy atom. The number of nitrogens with zero attached hydrogens (tertiary/aromatic N) is 1. The van der Waals surface area contributed by atoms with E-state index >= 15 is 0 Å². The number of hydrogen-bond donors (Lipinski definition) is 1. The van der Waals surface area contributed by atoms with Gasteiger partial charge >= 0.3 is 0 Å². The topological polar surface area (TPSA) is 15.3 Å². The molecule has 0 amide bonds. The molecule has 1 fully saturated rings. The average molecular weight is 260 g/mol. The molecule has 1 saturated carbocycles. The van der Waals surface area contributed by atoms with Gasteiger partial charge in [-0.15, -0.1) is 0 Å². The van der Waals surface area contributed by atoms with Gasteiger partial charge in [0.15, 0.2) is 0 Å². The maximum absolute atomic E-state index is 3.54. The molecule has 0 heterocycles. The van der Waals surface area contributed by atoms with Crippen LogP contribution < -0.4 is 5.32 Å². The summed E-state index contributed by atoms with van der Waals surface area (Å²) in [6, 6.07) is 11.7. The van der Waals surface area contributed by atoms with E-state index in [1.807, 2.05) is 0 Å². The van der Waals surface area contributed by atoms with Crippen molar-refractivity contribution in [3.05, 3.63) is 35.9 Å². The molecule has 0 aromatic heterocycles. The highest BCUT2D eigenvalue weighted by Crippen LogP contribution is 2.50. The predicted molar refractivity (Wildman–Crippen MR) is 82.5 cm³/mol. The third kappa shape index (κ3) is 3.80. The molecular weight excluding hydrogens is 232 g/mol. The maximum Gasteiger partial charge on any atom is 0.0111 e. The number of nitrogens with one attached hydrogen (secondary N) is 1. The lowest BCUT2D eigenvalue weighted by atomic mass is 10.0. The van der Waals surface area contributed by atoms with Crippen molar-refractivity contribution >= 4 is 0 Å². The summed E-state index contributed by atoms with van der Waals surface area (Å²) < 4.78 is 0. The molecule has 19 heavy (non-hydrogen) atoms. The molecule has 1 N–H and O–H groups in total. The van der Waals surface area contributed by atoms with Crippen molar-refractivity contribution in [2.75, 3.05) is 26.7 Å². The summed E-state index contributed by atoms with van der Waals surface area (Å²) in [5, 5.41) is 3.54. The Bertz CT molecular complexity index is 359. The van der Waals surface area contributed by atoms with E-state index < -0.39 is 0 Å². The number of rotatable bonds is 8. The lowest BCUT2D eigenvalue weighted by Crippen LogP contribution is -2.34. The molecule has 2 nitrogen and oxygen atoms in total. The molecule has 0 spiro atoms. The van der Waals surface area contributed by atoms with Crippen LogP contribution in [-0.2, 0) is 0 Å². The van der Waals surface area contributed by atoms with Crippen LogP contribution in [0.5, 0.6) is 0 Å². The van der Waals surface area contributed by atoms with Crippen LogP contribution in [0.4, 0.5) is 0 Å². The Balaban J connectivity index is 1.84. The van der Waals surface area contributed by atoms with Crippen molar-refractivity contribution in [3.63, 3.8) is 0 Å². The molecule has 1 aliphatic carbocycles. The minimum atomic E-state index is 0.672. The standard InChI is InChI=1S/C17H28N2/c1-4-19(5-2)12-11-17(18-3)16-13-15(16)14-9-7-6-8-10-14/h6-10,15-18H,4-5,11-13H2,1-3H3. The minimum Gasteiger partial charge on any atom is -0.317 e. The Kier molecular flexibility index (Phi) is 5.41. The van der Waals surface area contributed by atoms with Crippen LogP contribution in [0.2, 0.25) is 0 Å². The molecule has 2 rings (SSSR count). The van der Waals surface area contributed by atoms with E-state index in [9.17, 15) is 0 Å². The van der Waals surface area contributed by atoms with Gasteiger partial charge in [0.25, 0.3) is 0 Å². The lowest BCUT2D eigenvalue weighted by Gasteiger charge is -2.22. The minimum absolute atomic E-state index is 0.672. The molecule has 0 bridgehead atoms. The molecule has 2 heteroatoms. The Morgan fingerprint density at radius 1 is 1.21 bits per heavy atom. The van der Waals surface area contributed by atoms with Gasteiger partial charge in [-0.1, -0.05) is 44.2 Å². The summed E-state index contributed by atoms with van der Waals surface area (Å²) in [6.45, 7) is 8.06. The zero-order valence-corrected chi connectivity index (χ0v) is 12.6. The Hall–Kier alpha value is -0.860. The van der Waals surface area contributed by atoms with Crippen molar-refractivity contribution in [2.24, 2.45) is 5.92 Å². The van der Waals surface area contributed by atoms with Gasteiger partial charge in [-0.25, -0.2) is 0 Å². The third-order valence-corrected chi connectivity index (χ3v) is 4.61. The molecule has 1 aromatic rings. The third-order valence-electron chi connectivity index (χ3n) is 4.61. The molecule has 0 radical (unpaired) electrons. The lowest BCUT2D eigenvalue weighted by molar-refractivity contribution is 0.276. The van der Waals surface area contributed by atoms with Gasteiger partial charge in [0.05, 0.1) is 0 Å². The van der Waals surface area contributed by atoms with Crippen LogP contribution in [-0.4, -0.2) is 37.6 Å². The highest BCUT2D eigenvalue weighted by atomic mass is 15.1. The molecular formula is C17H28N2. The van der Waals surface area contributed by atoms with E-state index in [0.29, 0.717) is 6.04 Å². The van der Waals surface area contributed by atoms with Gasteiger partial charge in [-0.2, -0.15) is 0 Å². The zero-order chi connectivity index (χ0) is 13.7. The maximum atomic E-state index is 3.54. The van der Waals surface area contributed by atoms with E-state index in [-0.39, 0.29) is 0 Å². The summed E-state index contributed by atoms with van der Waals surface area (Å²) >= 11 is 0. The first-order valence-corrected chi connectivity index (χ1v) is 7.74. The second kappa shape index (κ2) is 7.06. The van der Waals surface area contributed by atoms with Crippen molar-refractivity contribution in [3.8, 4) is 0 Å². The van der Waals surface area contributed by atoms with Crippen LogP contribution in [0.25, 0.3) is 0 Å². The molecule has 106 valence electrons. The van der Waals surface area contributed by atoms with Crippen molar-refractivity contribution < 1.29 is 0 Å². The van der Waals surface area contributed by atoms with Gasteiger partial charge in [-0.3, -0.25) is 0 Å². The first kappa shape index (κ1) is 14.5. The Morgan fingerprint density at radius 2 is 1.89 bits per heavy atom. The van der Waals surface area contributed by atoms with E-state index in [4.69, 9.17) is 0 Å². The van der Waals surface area contributed by atoms with Crippen LogP contribution >= 0.6 is 0 Å². The number of benzene rings is 1. The monoisotopic (exact) mass is 260 g/mol. The van der Waals surface area contributed by atoms with E-state index in [0.717, 1.165) is 11.8 Å². The SMILES string of the molecule is CCN(CC)CCC(NC)C1CC1c1ccccc1. The van der Waals surface area contributed by atoms with E-state index in [1.165, 1.54) is 38.0 Å². The molecule has 3 unspecified atom stereocenters. The fourth-order valence-electron chi connectivity index (χ4n) is 3.18. The van der Waals surface area contributed by atoms with Crippen molar-refractivity contribution in [1.29, 1.82) is 0 Å². The highest BCUT2D eigenvalue weighted by Gasteiger charge is 2.42. The summed E-state index contributed by atoms with van der Waals surface area (Å²) in [5.41, 5.74) is 1.52. The highest BCUT2D eigenvalue weighted by molar-refractivity contribution is 5.26. The average Bonchev–Trinajstić information content (AvgIpc) is 3.25. The largest absolute Gasteiger partial charge is 0.317 e. The van der Waals surface area contributed by atoms with Gasteiger partial charge in [0, 0.05) is 6.04 Å². The summed E-state index contributed by atoms with van der Waals surface area (Å²) in [4.78, 5) is 2.52. The van der Waals surface area contributed by atoms with E-state index in [1.54, 1.807) is 0 Å². The van der Waals surface area contributed by atoms with E-state index in [2.05, 4.69) is 61.4 Å². The quantitative estimate of drug-likeness (QED) is 0.772. The van der Waals surface area contributed by atoms with Gasteiger partial charge < -0.3 is 10.2 Å². The van der Waals surface area contributed by atoms with Crippen LogP contribution in [0.15, 0.2) is 30.3 Å². The summed E-state index contributed by atoms with van der Waals surface area (Å²) in [6.07, 6.45) is 2.62. The number of hydrogen-bond acceptors (Lipinski definition) is 2. The summed E-state index contributed by atoms with van der Waals surface area (Å²) in [5.74, 6) is 1.62. The second-order valence-corrected chi connectivity index (χ2v) is 5.63. The summed E-state index contributed by atoms with van der Waals surface area (Å²) in [7, 11) is 2.12. The van der Waals surface area contributed by atoms with Crippen molar-refractivity contribution in [1.82, 2.24) is 10.2 Å². The Labute approximate surface area is 118 Å². The molecule has 3 atom stereocenters.